The zero-order valence-corrected chi connectivity index (χ0v) is 20.4. The maximum Gasteiger partial charge on any atom is 0.289 e. The van der Waals surface area contributed by atoms with Crippen LogP contribution in [0.15, 0.2) is 61.2 Å². The lowest BCUT2D eigenvalue weighted by atomic mass is 9.95. The summed E-state index contributed by atoms with van der Waals surface area (Å²) in [4.78, 5) is 32.3. The first-order chi connectivity index (χ1) is 16.6. The Morgan fingerprint density at radius 3 is 2.76 bits per heavy atom. The van der Waals surface area contributed by atoms with Crippen LogP contribution >= 0.6 is 23.1 Å². The molecule has 3 aromatic heterocycles. The summed E-state index contributed by atoms with van der Waals surface area (Å²) in [5.41, 5.74) is 2.61. The average Bonchev–Trinajstić information content (AvgIpc) is 3.61. The van der Waals surface area contributed by atoms with E-state index >= 15 is 0 Å². The number of carbonyl (C=O) groups excluding carboxylic acids is 2. The van der Waals surface area contributed by atoms with Crippen LogP contribution in [0.2, 0.25) is 0 Å². The Hall–Kier alpha value is -3.04. The normalized spacial score (nSPS) is 14.6. The molecule has 4 heterocycles. The molecule has 1 saturated heterocycles. The molecule has 0 saturated carbocycles. The van der Waals surface area contributed by atoms with E-state index in [0.717, 1.165) is 26.7 Å². The van der Waals surface area contributed by atoms with Crippen LogP contribution in [-0.4, -0.2) is 34.8 Å². The number of benzene rings is 1. The van der Waals surface area contributed by atoms with Crippen molar-refractivity contribution in [3.63, 3.8) is 0 Å². The highest BCUT2D eigenvalue weighted by Crippen LogP contribution is 2.34. The SMILES string of the molecule is Cc1csc(SCc2c(C(=O)N3CCC(C(=O)NCc4ccco4)CC3)oc3ccccc23)n1. The average molecular weight is 496 g/mol. The predicted octanol–water partition coefficient (Wildman–Crippen LogP) is 5.25. The minimum absolute atomic E-state index is 0.00284. The van der Waals surface area contributed by atoms with Gasteiger partial charge in [0.1, 0.15) is 15.7 Å². The van der Waals surface area contributed by atoms with Crippen molar-refractivity contribution in [3.05, 3.63) is 70.8 Å². The number of amides is 2. The summed E-state index contributed by atoms with van der Waals surface area (Å²) in [6, 6.07) is 11.4. The number of aromatic nitrogens is 1. The summed E-state index contributed by atoms with van der Waals surface area (Å²) in [5, 5.41) is 5.91. The zero-order chi connectivity index (χ0) is 23.5. The summed E-state index contributed by atoms with van der Waals surface area (Å²) in [5.74, 6) is 1.50. The molecule has 2 amide bonds. The lowest BCUT2D eigenvalue weighted by Crippen LogP contribution is -2.43. The number of thiazole rings is 1. The molecule has 0 atom stereocenters. The Kier molecular flexibility index (Phi) is 6.73. The summed E-state index contributed by atoms with van der Waals surface area (Å²) in [6.07, 6.45) is 2.84. The molecule has 9 heteroatoms. The molecule has 1 aliphatic heterocycles. The second kappa shape index (κ2) is 10.1. The van der Waals surface area contributed by atoms with Gasteiger partial charge in [0, 0.05) is 46.8 Å². The van der Waals surface area contributed by atoms with Gasteiger partial charge in [-0.25, -0.2) is 4.98 Å². The van der Waals surface area contributed by atoms with Crippen LogP contribution in [0.4, 0.5) is 0 Å². The minimum atomic E-state index is -0.114. The number of fused-ring (bicyclic) bond motifs is 1. The maximum atomic E-state index is 13.5. The summed E-state index contributed by atoms with van der Waals surface area (Å²) < 4.78 is 12.3. The summed E-state index contributed by atoms with van der Waals surface area (Å²) >= 11 is 3.22. The fraction of sp³-hybridized carbons (Fsp3) is 0.320. The highest BCUT2D eigenvalue weighted by Gasteiger charge is 2.31. The Morgan fingerprint density at radius 2 is 2.03 bits per heavy atom. The highest BCUT2D eigenvalue weighted by atomic mass is 32.2. The molecule has 1 aliphatic rings. The molecule has 0 bridgehead atoms. The van der Waals surface area contributed by atoms with E-state index in [2.05, 4.69) is 10.3 Å². The van der Waals surface area contributed by atoms with Crippen molar-refractivity contribution < 1.29 is 18.4 Å². The van der Waals surface area contributed by atoms with Crippen molar-refractivity contribution in [1.82, 2.24) is 15.2 Å². The van der Waals surface area contributed by atoms with Crippen molar-refractivity contribution in [2.75, 3.05) is 13.1 Å². The molecule has 1 N–H and O–H groups in total. The van der Waals surface area contributed by atoms with E-state index in [9.17, 15) is 9.59 Å². The number of thioether (sulfide) groups is 1. The lowest BCUT2D eigenvalue weighted by molar-refractivity contribution is -0.126. The van der Waals surface area contributed by atoms with Gasteiger partial charge in [-0.1, -0.05) is 30.0 Å². The van der Waals surface area contributed by atoms with Crippen LogP contribution in [0.5, 0.6) is 0 Å². The lowest BCUT2D eigenvalue weighted by Gasteiger charge is -2.31. The number of aryl methyl sites for hydroxylation is 1. The van der Waals surface area contributed by atoms with Crippen LogP contribution in [0.1, 0.15) is 40.4 Å². The van der Waals surface area contributed by atoms with Gasteiger partial charge in [0.2, 0.25) is 5.91 Å². The molecule has 0 spiro atoms. The van der Waals surface area contributed by atoms with Crippen molar-refractivity contribution in [1.29, 1.82) is 0 Å². The number of hydrogen-bond acceptors (Lipinski definition) is 7. The number of para-hydroxylation sites is 1. The first-order valence-electron chi connectivity index (χ1n) is 11.2. The number of piperidine rings is 1. The first kappa shape index (κ1) is 22.7. The van der Waals surface area contributed by atoms with Crippen LogP contribution in [0.25, 0.3) is 11.0 Å². The molecule has 34 heavy (non-hydrogen) atoms. The van der Waals surface area contributed by atoms with Crippen molar-refractivity contribution in [2.24, 2.45) is 5.92 Å². The molecular weight excluding hydrogens is 470 g/mol. The Morgan fingerprint density at radius 1 is 1.21 bits per heavy atom. The van der Waals surface area contributed by atoms with E-state index in [-0.39, 0.29) is 17.7 Å². The van der Waals surface area contributed by atoms with Gasteiger partial charge < -0.3 is 19.1 Å². The third-order valence-electron chi connectivity index (χ3n) is 6.00. The van der Waals surface area contributed by atoms with E-state index < -0.39 is 0 Å². The van der Waals surface area contributed by atoms with Gasteiger partial charge in [-0.2, -0.15) is 0 Å². The quantitative estimate of drug-likeness (QED) is 0.352. The fourth-order valence-corrected chi connectivity index (χ4v) is 6.04. The summed E-state index contributed by atoms with van der Waals surface area (Å²) in [7, 11) is 0. The Labute approximate surface area is 205 Å². The first-order valence-corrected chi connectivity index (χ1v) is 13.1. The maximum absolute atomic E-state index is 13.5. The van der Waals surface area contributed by atoms with Gasteiger partial charge in [-0.05, 0) is 38.0 Å². The van der Waals surface area contributed by atoms with Gasteiger partial charge in [-0.3, -0.25) is 9.59 Å². The van der Waals surface area contributed by atoms with Crippen LogP contribution < -0.4 is 5.32 Å². The van der Waals surface area contributed by atoms with E-state index in [1.807, 2.05) is 42.6 Å². The second-order valence-electron chi connectivity index (χ2n) is 8.31. The van der Waals surface area contributed by atoms with E-state index in [1.165, 1.54) is 0 Å². The minimum Gasteiger partial charge on any atom is -0.467 e. The van der Waals surface area contributed by atoms with Gasteiger partial charge in [0.25, 0.3) is 5.91 Å². The number of furan rings is 2. The number of rotatable bonds is 7. The molecule has 7 nitrogen and oxygen atoms in total. The third-order valence-corrected chi connectivity index (χ3v) is 8.17. The monoisotopic (exact) mass is 495 g/mol. The number of hydrogen-bond donors (Lipinski definition) is 1. The molecule has 1 aromatic carbocycles. The van der Waals surface area contributed by atoms with Crippen LogP contribution in [0, 0.1) is 12.8 Å². The molecule has 5 rings (SSSR count). The zero-order valence-electron chi connectivity index (χ0n) is 18.8. The van der Waals surface area contributed by atoms with Crippen LogP contribution in [-0.2, 0) is 17.1 Å². The van der Waals surface area contributed by atoms with Gasteiger partial charge in [0.05, 0.1) is 12.8 Å². The molecule has 0 unspecified atom stereocenters. The largest absolute Gasteiger partial charge is 0.467 e. The van der Waals surface area contributed by atoms with Crippen molar-refractivity contribution in [2.45, 2.75) is 36.4 Å². The Bertz CT molecular complexity index is 1290. The number of likely N-dealkylation sites (tertiary alicyclic amines) is 1. The standard InChI is InChI=1S/C25H25N3O4S2/c1-16-14-33-25(27-16)34-15-20-19-6-2-3-7-21(19)32-22(20)24(30)28-10-8-17(9-11-28)23(29)26-13-18-5-4-12-31-18/h2-7,12,14,17H,8-11,13,15H2,1H3,(H,26,29). The second-order valence-corrected chi connectivity index (χ2v) is 10.4. The molecule has 4 aromatic rings. The third kappa shape index (κ3) is 4.90. The van der Waals surface area contributed by atoms with Crippen molar-refractivity contribution in [3.8, 4) is 0 Å². The predicted molar refractivity (Wildman–Crippen MR) is 132 cm³/mol. The van der Waals surface area contributed by atoms with E-state index in [1.54, 1.807) is 40.3 Å². The van der Waals surface area contributed by atoms with Crippen molar-refractivity contribution >= 4 is 45.9 Å². The smallest absolute Gasteiger partial charge is 0.289 e. The number of nitrogens with zero attached hydrogens (tertiary/aromatic N) is 2. The topological polar surface area (TPSA) is 88.6 Å². The van der Waals surface area contributed by atoms with Gasteiger partial charge >= 0.3 is 0 Å². The summed E-state index contributed by atoms with van der Waals surface area (Å²) in [6.45, 7) is 3.40. The van der Waals surface area contributed by atoms with E-state index in [0.29, 0.717) is 49.6 Å². The van der Waals surface area contributed by atoms with E-state index in [4.69, 9.17) is 8.83 Å². The number of carbonyl (C=O) groups is 2. The van der Waals surface area contributed by atoms with Gasteiger partial charge in [-0.15, -0.1) is 11.3 Å². The Balaban J connectivity index is 1.25. The molecule has 1 fully saturated rings. The molecule has 176 valence electrons. The highest BCUT2D eigenvalue weighted by molar-refractivity contribution is 8.00. The van der Waals surface area contributed by atoms with Crippen LogP contribution in [0.3, 0.4) is 0 Å². The molecule has 0 radical (unpaired) electrons. The molecule has 0 aliphatic carbocycles. The fourth-order valence-electron chi connectivity index (χ4n) is 4.17. The molecular formula is C25H25N3O4S2. The number of nitrogens with one attached hydrogen (secondary N) is 1. The van der Waals surface area contributed by atoms with Gasteiger partial charge in [0.15, 0.2) is 5.76 Å².